The molecule has 4 aliphatic rings. The minimum Gasteiger partial charge on any atom is -0.488 e. The summed E-state index contributed by atoms with van der Waals surface area (Å²) in [7, 11) is 0. The van der Waals surface area contributed by atoms with Gasteiger partial charge in [-0.15, -0.1) is 0 Å². The molecule has 4 aromatic carbocycles. The van der Waals surface area contributed by atoms with Crippen LogP contribution in [-0.4, -0.2) is 21.2 Å². The zero-order chi connectivity index (χ0) is 60.4. The minimum absolute atomic E-state index is 0.0207. The van der Waals surface area contributed by atoms with E-state index in [9.17, 15) is 26.3 Å². The fourth-order valence-corrected chi connectivity index (χ4v) is 10.5. The van der Waals surface area contributed by atoms with Gasteiger partial charge in [-0.2, -0.15) is 15.8 Å². The largest absolute Gasteiger partial charge is 0.488 e. The molecule has 6 aromatic rings. The predicted molar refractivity (Wildman–Crippen MR) is 314 cm³/mol. The van der Waals surface area contributed by atoms with Crippen LogP contribution in [0.4, 0.5) is 8.78 Å². The molecule has 0 saturated heterocycles. The summed E-state index contributed by atoms with van der Waals surface area (Å²) >= 11 is 0. The third-order valence-corrected chi connectivity index (χ3v) is 13.4. The van der Waals surface area contributed by atoms with Crippen LogP contribution in [0.15, 0.2) is 145 Å². The molecule has 10 rings (SSSR count). The Balaban J connectivity index is 0.000000202. The number of rotatable bonds is 6. The Kier molecular flexibility index (Phi) is 14.9. The number of halogens is 2. The fourth-order valence-electron chi connectivity index (χ4n) is 10.5. The smallest absolute Gasteiger partial charge is 0.272 e. The zero-order valence-electron chi connectivity index (χ0n) is 45.5. The maximum Gasteiger partial charge on any atom is 0.272 e. The van der Waals surface area contributed by atoms with E-state index in [0.717, 1.165) is 11.1 Å². The van der Waals surface area contributed by atoms with Crippen LogP contribution in [0.3, 0.4) is 0 Å². The number of allylic oxidation sites excluding steroid dienone is 13. The summed E-state index contributed by atoms with van der Waals surface area (Å²) in [5.74, 6) is -0.910. The van der Waals surface area contributed by atoms with Crippen LogP contribution in [0.25, 0.3) is 103 Å². The average molecular weight is 1090 g/mol. The standard InChI is InChI=1S/C38H30N4O2.C30H8F2N8/c1-37(2,3)43-25-13-9-23(10-14-25)34-27(17-18-39)28-19-30-31(20-29(28)32(34)21-40)36(42-8)35(33(30)22-41-7)24-11-15-26(16-12-24)44-38(4,5)6;1-36-18(13-34)23-25-20(15(12-33)28(23)31)21(16-8-4-6-10-39-16)27-26(22(25)17-9-5-7-11-40-17)24(19(14-35)37-2)29(32)30(27)38-3/h9-17,19-20,22H,1-6H3;4-11H/b27-17-,33-22-;23-18+,24-19-. The molecule has 0 radical (unpaired) electrons. The molecule has 0 N–H and O–H groups in total. The van der Waals surface area contributed by atoms with Crippen molar-refractivity contribution >= 4 is 56.0 Å². The van der Waals surface area contributed by atoms with Crippen molar-refractivity contribution in [1.82, 2.24) is 9.97 Å². The van der Waals surface area contributed by atoms with E-state index in [4.69, 9.17) is 42.3 Å². The maximum absolute atomic E-state index is 16.1. The summed E-state index contributed by atoms with van der Waals surface area (Å²) < 4.78 is 44.2. The van der Waals surface area contributed by atoms with E-state index in [1.807, 2.05) is 102 Å². The lowest BCUT2D eigenvalue weighted by atomic mass is 9.81. The fraction of sp³-hybridized carbons (Fsp3) is 0.118. The molecule has 0 spiro atoms. The van der Waals surface area contributed by atoms with E-state index in [2.05, 4.69) is 46.3 Å². The molecule has 2 heterocycles. The second kappa shape index (κ2) is 22.3. The van der Waals surface area contributed by atoms with Gasteiger partial charge in [0.25, 0.3) is 11.4 Å². The Hall–Kier alpha value is -12.5. The molecule has 0 unspecified atom stereocenters. The number of hydrogen-bond donors (Lipinski definition) is 0. The summed E-state index contributed by atoms with van der Waals surface area (Å²) in [6, 6.07) is 37.8. The number of pyridine rings is 2. The number of aromatic nitrogens is 2. The monoisotopic (exact) mass is 1090 g/mol. The highest BCUT2D eigenvalue weighted by Gasteiger charge is 2.44. The summed E-state index contributed by atoms with van der Waals surface area (Å²) in [4.78, 5) is 25.9. The second-order valence-corrected chi connectivity index (χ2v) is 20.6. The number of hydrogen-bond acceptors (Lipinski definition) is 9. The van der Waals surface area contributed by atoms with Crippen LogP contribution >= 0.6 is 0 Å². The van der Waals surface area contributed by atoms with Gasteiger partial charge in [0.1, 0.15) is 46.5 Å². The molecule has 0 bridgehead atoms. The van der Waals surface area contributed by atoms with Crippen LogP contribution in [0, 0.1) is 89.5 Å². The van der Waals surface area contributed by atoms with Gasteiger partial charge in [-0.3, -0.25) is 9.97 Å². The van der Waals surface area contributed by atoms with Crippen LogP contribution in [0.5, 0.6) is 11.5 Å². The molecule has 4 aliphatic carbocycles. The molecule has 2 aromatic heterocycles. The SMILES string of the molecule is [C-]#[N+]/C=C1\C(c2ccc(OC(C)(C)C)cc2)=C([N+]#[C-])c2cc3c(cc21)/C(=C/C#N)C(c1ccc(OC(C)(C)C)cc1)=C3C#N.[C-]#[N+]C1=C(F)/C(=C(/C#N)[N+]#[C-])c2c1c(-c1ccccn1)c1c(c2-c2ccccn2)/C(=C(/C#N)[N+]#[C-])C(F)=C1C#N. The van der Waals surface area contributed by atoms with E-state index in [-0.39, 0.29) is 56.0 Å². The highest BCUT2D eigenvalue weighted by molar-refractivity contribution is 6.28. The van der Waals surface area contributed by atoms with Gasteiger partial charge >= 0.3 is 0 Å². The van der Waals surface area contributed by atoms with E-state index >= 15 is 8.78 Å². The first-order valence-electron chi connectivity index (χ1n) is 25.3. The lowest BCUT2D eigenvalue weighted by Gasteiger charge is -2.22. The summed E-state index contributed by atoms with van der Waals surface area (Å²) in [6.07, 6.45) is 5.69. The van der Waals surface area contributed by atoms with Crippen molar-refractivity contribution in [3.63, 3.8) is 0 Å². The van der Waals surface area contributed by atoms with Gasteiger partial charge in [-0.05, 0) is 146 Å². The van der Waals surface area contributed by atoms with Crippen molar-refractivity contribution in [3.8, 4) is 64.4 Å². The zero-order valence-corrected chi connectivity index (χ0v) is 45.5. The summed E-state index contributed by atoms with van der Waals surface area (Å²) in [6.45, 7) is 50.5. The maximum atomic E-state index is 16.1. The Labute approximate surface area is 483 Å². The van der Waals surface area contributed by atoms with Crippen molar-refractivity contribution < 1.29 is 18.3 Å². The highest BCUT2D eigenvalue weighted by atomic mass is 19.1. The predicted octanol–water partition coefficient (Wildman–Crippen LogP) is 16.4. The van der Waals surface area contributed by atoms with E-state index in [0.29, 0.717) is 67.3 Å². The number of ether oxygens (including phenoxy) is 2. The third-order valence-electron chi connectivity index (χ3n) is 13.4. The van der Waals surface area contributed by atoms with Crippen molar-refractivity contribution in [3.05, 3.63) is 257 Å². The van der Waals surface area contributed by atoms with Crippen LogP contribution < -0.4 is 9.47 Å². The molecular weight excluding hydrogens is 1050 g/mol. The van der Waals surface area contributed by atoms with Crippen LogP contribution in [-0.2, 0) is 0 Å². The molecular formula is C68H38F2N12O2. The third kappa shape index (κ3) is 9.67. The lowest BCUT2D eigenvalue weighted by molar-refractivity contribution is 0.130. The van der Waals surface area contributed by atoms with Crippen molar-refractivity contribution in [2.75, 3.05) is 0 Å². The Morgan fingerprint density at radius 3 is 1.44 bits per heavy atom. The van der Waals surface area contributed by atoms with Gasteiger partial charge in [0.05, 0.1) is 73.6 Å². The van der Waals surface area contributed by atoms with Crippen molar-refractivity contribution in [2.24, 2.45) is 0 Å². The summed E-state index contributed by atoms with van der Waals surface area (Å²) in [5, 5.41) is 49.8. The van der Waals surface area contributed by atoms with Gasteiger partial charge in [0, 0.05) is 68.6 Å². The minimum atomic E-state index is -1.16. The van der Waals surface area contributed by atoms with E-state index in [1.54, 1.807) is 42.5 Å². The lowest BCUT2D eigenvalue weighted by Crippen LogP contribution is -2.22. The number of fused-ring (bicyclic) bond motifs is 4. The Morgan fingerprint density at radius 1 is 0.524 bits per heavy atom. The number of nitrogens with zero attached hydrogens (tertiary/aromatic N) is 12. The Morgan fingerprint density at radius 2 is 1.00 bits per heavy atom. The van der Waals surface area contributed by atoms with Gasteiger partial charge in [-0.25, -0.2) is 43.5 Å². The first-order valence-corrected chi connectivity index (χ1v) is 25.3. The quantitative estimate of drug-likeness (QED) is 0.116. The first kappa shape index (κ1) is 56.2. The second-order valence-electron chi connectivity index (χ2n) is 20.6. The molecule has 16 heteroatoms. The van der Waals surface area contributed by atoms with Crippen LogP contribution in [0.1, 0.15) is 97.2 Å². The van der Waals surface area contributed by atoms with Crippen molar-refractivity contribution in [1.29, 1.82) is 26.3 Å². The normalized spacial score (nSPS) is 15.6. The number of nitriles is 5. The average Bonchev–Trinajstić information content (AvgIpc) is 1.74. The van der Waals surface area contributed by atoms with E-state index in [1.165, 1.54) is 36.8 Å². The highest BCUT2D eigenvalue weighted by Crippen LogP contribution is 2.60. The molecule has 0 aliphatic heterocycles. The van der Waals surface area contributed by atoms with E-state index < -0.39 is 45.5 Å². The molecule has 0 saturated carbocycles. The molecule has 14 nitrogen and oxygen atoms in total. The molecule has 0 atom stereocenters. The van der Waals surface area contributed by atoms with Crippen LogP contribution in [0.2, 0.25) is 0 Å². The first-order chi connectivity index (χ1) is 40.4. The van der Waals surface area contributed by atoms with Crippen molar-refractivity contribution in [2.45, 2.75) is 52.7 Å². The van der Waals surface area contributed by atoms with Gasteiger partial charge in [0.15, 0.2) is 6.20 Å². The van der Waals surface area contributed by atoms with Gasteiger partial charge < -0.3 is 9.47 Å². The molecule has 396 valence electrons. The molecule has 84 heavy (non-hydrogen) atoms. The molecule has 0 fully saturated rings. The summed E-state index contributed by atoms with van der Waals surface area (Å²) in [5.41, 5.74) is 3.14. The van der Waals surface area contributed by atoms with Gasteiger partial charge in [0.2, 0.25) is 11.4 Å². The van der Waals surface area contributed by atoms with Gasteiger partial charge in [-0.1, -0.05) is 42.5 Å². The topological polar surface area (TPSA) is 185 Å². The Bertz CT molecular complexity index is 4360. The molecule has 0 amide bonds. The number of benzene rings is 4.